The van der Waals surface area contributed by atoms with Crippen molar-refractivity contribution in [1.82, 2.24) is 9.88 Å². The molecule has 3 rings (SSSR count). The first-order valence-corrected chi connectivity index (χ1v) is 8.20. The largest absolute Gasteiger partial charge is 0.338 e. The Morgan fingerprint density at radius 2 is 2.12 bits per heavy atom. The highest BCUT2D eigenvalue weighted by molar-refractivity contribution is 5.94. The van der Waals surface area contributed by atoms with Crippen LogP contribution in [0.1, 0.15) is 30.0 Å². The molecule has 130 valence electrons. The molecule has 1 N–H and O–H groups in total. The summed E-state index contributed by atoms with van der Waals surface area (Å²) in [5, 5.41) is 2.82. The lowest BCUT2D eigenvalue weighted by Crippen LogP contribution is -2.44. The van der Waals surface area contributed by atoms with Crippen molar-refractivity contribution in [2.75, 3.05) is 12.4 Å². The SMILES string of the molecule is Cc1ccnc(NC(=O)[C@@H]2CCC(=O)N(C)[C@@H]2c2cccc(F)c2)c1. The van der Waals surface area contributed by atoms with Crippen LogP contribution >= 0.6 is 0 Å². The number of benzene rings is 1. The van der Waals surface area contributed by atoms with E-state index in [0.717, 1.165) is 5.56 Å². The number of halogens is 1. The van der Waals surface area contributed by atoms with Crippen LogP contribution < -0.4 is 5.32 Å². The second kappa shape index (κ2) is 7.01. The minimum atomic E-state index is -0.498. The van der Waals surface area contributed by atoms with Crippen LogP contribution in [0.15, 0.2) is 42.6 Å². The summed E-state index contributed by atoms with van der Waals surface area (Å²) in [5.41, 5.74) is 1.61. The monoisotopic (exact) mass is 341 g/mol. The quantitative estimate of drug-likeness (QED) is 0.933. The third-order valence-corrected chi connectivity index (χ3v) is 4.55. The molecule has 0 radical (unpaired) electrons. The number of aromatic nitrogens is 1. The lowest BCUT2D eigenvalue weighted by Gasteiger charge is -2.38. The maximum atomic E-state index is 13.7. The van der Waals surface area contributed by atoms with Gasteiger partial charge in [0.05, 0.1) is 12.0 Å². The fourth-order valence-corrected chi connectivity index (χ4v) is 3.28. The van der Waals surface area contributed by atoms with Crippen molar-refractivity contribution >= 4 is 17.6 Å². The molecule has 1 aromatic carbocycles. The van der Waals surface area contributed by atoms with Crippen LogP contribution in [0.25, 0.3) is 0 Å². The van der Waals surface area contributed by atoms with Crippen LogP contribution in [0.3, 0.4) is 0 Å². The van der Waals surface area contributed by atoms with E-state index >= 15 is 0 Å². The summed E-state index contributed by atoms with van der Waals surface area (Å²) in [6.07, 6.45) is 2.34. The normalized spacial score (nSPS) is 20.4. The molecule has 1 saturated heterocycles. The van der Waals surface area contributed by atoms with E-state index in [2.05, 4.69) is 10.3 Å². The Labute approximate surface area is 145 Å². The first-order valence-electron chi connectivity index (χ1n) is 8.20. The first kappa shape index (κ1) is 17.1. The summed E-state index contributed by atoms with van der Waals surface area (Å²) in [7, 11) is 1.66. The average molecular weight is 341 g/mol. The summed E-state index contributed by atoms with van der Waals surface area (Å²) >= 11 is 0. The van der Waals surface area contributed by atoms with Crippen LogP contribution in [0.5, 0.6) is 0 Å². The highest BCUT2D eigenvalue weighted by Gasteiger charge is 2.39. The number of anilines is 1. The summed E-state index contributed by atoms with van der Waals surface area (Å²) in [6, 6.07) is 9.19. The number of carbonyl (C=O) groups is 2. The van der Waals surface area contributed by atoms with Gasteiger partial charge in [-0.05, 0) is 48.7 Å². The van der Waals surface area contributed by atoms with E-state index in [1.54, 1.807) is 31.4 Å². The number of pyridine rings is 1. The number of piperidine rings is 1. The summed E-state index contributed by atoms with van der Waals surface area (Å²) in [6.45, 7) is 1.92. The summed E-state index contributed by atoms with van der Waals surface area (Å²) in [5.74, 6) is -0.642. The van der Waals surface area contributed by atoms with Crippen LogP contribution in [-0.2, 0) is 9.59 Å². The molecule has 1 aromatic heterocycles. The molecule has 6 heteroatoms. The minimum Gasteiger partial charge on any atom is -0.338 e. The van der Waals surface area contributed by atoms with Crippen LogP contribution in [-0.4, -0.2) is 28.7 Å². The van der Waals surface area contributed by atoms with Gasteiger partial charge in [-0.3, -0.25) is 9.59 Å². The van der Waals surface area contributed by atoms with Crippen molar-refractivity contribution in [2.45, 2.75) is 25.8 Å². The molecule has 0 spiro atoms. The number of hydrogen-bond donors (Lipinski definition) is 1. The fraction of sp³-hybridized carbons (Fsp3) is 0.316. The minimum absolute atomic E-state index is 0.0491. The molecule has 0 bridgehead atoms. The van der Waals surface area contributed by atoms with Gasteiger partial charge in [-0.25, -0.2) is 9.37 Å². The number of nitrogens with zero attached hydrogens (tertiary/aromatic N) is 2. The Morgan fingerprint density at radius 1 is 1.32 bits per heavy atom. The Hall–Kier alpha value is -2.76. The van der Waals surface area contributed by atoms with Gasteiger partial charge >= 0.3 is 0 Å². The number of likely N-dealkylation sites (tertiary alicyclic amines) is 1. The predicted octanol–water partition coefficient (Wildman–Crippen LogP) is 3.08. The van der Waals surface area contributed by atoms with Gasteiger partial charge < -0.3 is 10.2 Å². The molecule has 1 fully saturated rings. The number of aryl methyl sites for hydroxylation is 1. The van der Waals surface area contributed by atoms with Crippen LogP contribution in [0.2, 0.25) is 0 Å². The standard InChI is InChI=1S/C19H20FN3O2/c1-12-8-9-21-16(10-12)22-19(25)15-6-7-17(24)23(2)18(15)13-4-3-5-14(20)11-13/h3-5,8-11,15,18H,6-7H2,1-2H3,(H,21,22,25)/t15-,18-/m1/s1. The van der Waals surface area contributed by atoms with Gasteiger partial charge in [-0.2, -0.15) is 0 Å². The predicted molar refractivity (Wildman–Crippen MR) is 92.2 cm³/mol. The number of rotatable bonds is 3. The molecule has 2 atom stereocenters. The van der Waals surface area contributed by atoms with E-state index in [1.165, 1.54) is 17.0 Å². The van der Waals surface area contributed by atoms with Crippen LogP contribution in [0, 0.1) is 18.7 Å². The molecule has 25 heavy (non-hydrogen) atoms. The van der Waals surface area contributed by atoms with Crippen molar-refractivity contribution < 1.29 is 14.0 Å². The second-order valence-electron chi connectivity index (χ2n) is 6.36. The van der Waals surface area contributed by atoms with Gasteiger partial charge in [0.2, 0.25) is 11.8 Å². The average Bonchev–Trinajstić information content (AvgIpc) is 2.57. The number of hydrogen-bond acceptors (Lipinski definition) is 3. The van der Waals surface area contributed by atoms with E-state index in [1.807, 2.05) is 13.0 Å². The molecular formula is C19H20FN3O2. The highest BCUT2D eigenvalue weighted by atomic mass is 19.1. The maximum Gasteiger partial charge on any atom is 0.231 e. The molecule has 1 aliphatic rings. The van der Waals surface area contributed by atoms with Gasteiger partial charge in [-0.1, -0.05) is 12.1 Å². The third kappa shape index (κ3) is 3.68. The van der Waals surface area contributed by atoms with Gasteiger partial charge in [0.25, 0.3) is 0 Å². The molecule has 2 aromatic rings. The molecule has 0 unspecified atom stereocenters. The van der Waals surface area contributed by atoms with E-state index in [4.69, 9.17) is 0 Å². The van der Waals surface area contributed by atoms with Gasteiger partial charge in [0.1, 0.15) is 11.6 Å². The van der Waals surface area contributed by atoms with Crippen molar-refractivity contribution in [3.05, 3.63) is 59.5 Å². The van der Waals surface area contributed by atoms with E-state index in [-0.39, 0.29) is 17.6 Å². The molecule has 0 saturated carbocycles. The number of carbonyl (C=O) groups excluding carboxylic acids is 2. The highest BCUT2D eigenvalue weighted by Crippen LogP contribution is 2.36. The Morgan fingerprint density at radius 3 is 2.84 bits per heavy atom. The van der Waals surface area contributed by atoms with Crippen molar-refractivity contribution in [1.29, 1.82) is 0 Å². The Balaban J connectivity index is 1.89. The van der Waals surface area contributed by atoms with E-state index in [9.17, 15) is 14.0 Å². The van der Waals surface area contributed by atoms with Gasteiger partial charge in [-0.15, -0.1) is 0 Å². The lowest BCUT2D eigenvalue weighted by molar-refractivity contribution is -0.140. The molecule has 1 aliphatic heterocycles. The van der Waals surface area contributed by atoms with Gasteiger partial charge in [0, 0.05) is 19.7 Å². The van der Waals surface area contributed by atoms with Crippen molar-refractivity contribution in [2.24, 2.45) is 5.92 Å². The third-order valence-electron chi connectivity index (χ3n) is 4.55. The Bertz CT molecular complexity index is 809. The maximum absolute atomic E-state index is 13.7. The molecule has 5 nitrogen and oxygen atoms in total. The topological polar surface area (TPSA) is 62.3 Å². The summed E-state index contributed by atoms with van der Waals surface area (Å²) in [4.78, 5) is 30.6. The van der Waals surface area contributed by atoms with E-state index < -0.39 is 12.0 Å². The summed E-state index contributed by atoms with van der Waals surface area (Å²) < 4.78 is 13.7. The zero-order valence-corrected chi connectivity index (χ0v) is 14.2. The van der Waals surface area contributed by atoms with E-state index in [0.29, 0.717) is 24.2 Å². The Kier molecular flexibility index (Phi) is 4.79. The molecular weight excluding hydrogens is 321 g/mol. The smallest absolute Gasteiger partial charge is 0.231 e. The zero-order valence-electron chi connectivity index (χ0n) is 14.2. The molecule has 2 heterocycles. The fourth-order valence-electron chi connectivity index (χ4n) is 3.28. The number of nitrogens with one attached hydrogen (secondary N) is 1. The molecule has 2 amide bonds. The van der Waals surface area contributed by atoms with Crippen LogP contribution in [0.4, 0.5) is 10.2 Å². The first-order chi connectivity index (χ1) is 12.0. The van der Waals surface area contributed by atoms with Gasteiger partial charge in [0.15, 0.2) is 0 Å². The second-order valence-corrected chi connectivity index (χ2v) is 6.36. The van der Waals surface area contributed by atoms with Crippen molar-refractivity contribution in [3.63, 3.8) is 0 Å². The lowest BCUT2D eigenvalue weighted by atomic mass is 9.84. The molecule has 0 aliphatic carbocycles. The number of amides is 2. The zero-order chi connectivity index (χ0) is 18.0. The van der Waals surface area contributed by atoms with Crippen molar-refractivity contribution in [3.8, 4) is 0 Å².